The van der Waals surface area contributed by atoms with Crippen molar-refractivity contribution >= 4 is 17.0 Å². The molecule has 4 N–H and O–H groups in total. The Morgan fingerprint density at radius 2 is 1.89 bits per heavy atom. The summed E-state index contributed by atoms with van der Waals surface area (Å²) < 4.78 is 7.12. The van der Waals surface area contributed by atoms with Crippen LogP contribution in [0.1, 0.15) is 18.2 Å². The summed E-state index contributed by atoms with van der Waals surface area (Å²) in [6.07, 6.45) is 0.713. The third kappa shape index (κ3) is 3.57. The molecule has 0 bridgehead atoms. The van der Waals surface area contributed by atoms with E-state index in [0.717, 1.165) is 19.4 Å². The van der Waals surface area contributed by atoms with Crippen LogP contribution in [0, 0.1) is 0 Å². The zero-order valence-corrected chi connectivity index (χ0v) is 15.2. The maximum absolute atomic E-state index is 10.2. The zero-order chi connectivity index (χ0) is 19.5. The van der Waals surface area contributed by atoms with Crippen molar-refractivity contribution in [1.82, 2.24) is 19.5 Å². The molecule has 0 radical (unpaired) electrons. The number of nitrogens with one attached hydrogen (secondary N) is 1. The molecule has 2 aromatic heterocycles. The average Bonchev–Trinajstić information content (AvgIpc) is 3.28. The van der Waals surface area contributed by atoms with Crippen LogP contribution in [-0.4, -0.2) is 66.3 Å². The van der Waals surface area contributed by atoms with Gasteiger partial charge in [0.05, 0.1) is 12.9 Å². The highest BCUT2D eigenvalue weighted by molar-refractivity contribution is 5.82. The lowest BCUT2D eigenvalue weighted by Gasteiger charge is -2.16. The lowest BCUT2D eigenvalue weighted by Crippen LogP contribution is -2.33. The van der Waals surface area contributed by atoms with Gasteiger partial charge < -0.3 is 25.4 Å². The Kier molecular flexibility index (Phi) is 5.49. The largest absolute Gasteiger partial charge is 0.394 e. The lowest BCUT2D eigenvalue weighted by atomic mass is 10.1. The molecule has 1 aliphatic rings. The maximum Gasteiger partial charge on any atom is 0.167 e. The molecule has 9 nitrogen and oxygen atoms in total. The summed E-state index contributed by atoms with van der Waals surface area (Å²) in [5, 5.41) is 32.8. The number of fused-ring (bicyclic) bond motifs is 1. The van der Waals surface area contributed by atoms with Crippen LogP contribution in [0.15, 0.2) is 43.0 Å². The standard InChI is InChI=1S/C19H23N5O4/c25-9-13-15(26)16(27)19(28-13)24-11-23-14-17(21-10-22-18(14)24)20-8-4-7-12-5-2-1-3-6-12/h1-3,5-6,10-11,13,15-16,19,25-27H,4,7-9H2,(H,20,21,22)/t13-,15-,16-,19-/m1/s1. The van der Waals surface area contributed by atoms with Gasteiger partial charge in [0.25, 0.3) is 0 Å². The van der Waals surface area contributed by atoms with Crippen LogP contribution in [0.5, 0.6) is 0 Å². The highest BCUT2D eigenvalue weighted by atomic mass is 16.6. The molecule has 0 aliphatic carbocycles. The number of nitrogens with zero attached hydrogens (tertiary/aromatic N) is 4. The van der Waals surface area contributed by atoms with Crippen molar-refractivity contribution < 1.29 is 20.1 Å². The molecule has 148 valence electrons. The van der Waals surface area contributed by atoms with Crippen molar-refractivity contribution in [1.29, 1.82) is 0 Å². The smallest absolute Gasteiger partial charge is 0.167 e. The maximum atomic E-state index is 10.2. The van der Waals surface area contributed by atoms with E-state index in [2.05, 4.69) is 32.4 Å². The number of aliphatic hydroxyl groups excluding tert-OH is 3. The quantitative estimate of drug-likeness (QED) is 0.433. The number of aryl methyl sites for hydroxylation is 1. The normalized spacial score (nSPS) is 24.7. The predicted molar refractivity (Wildman–Crippen MR) is 102 cm³/mol. The zero-order valence-electron chi connectivity index (χ0n) is 15.2. The van der Waals surface area contributed by atoms with Gasteiger partial charge >= 0.3 is 0 Å². The highest BCUT2D eigenvalue weighted by Gasteiger charge is 2.44. The van der Waals surface area contributed by atoms with Gasteiger partial charge in [0.2, 0.25) is 0 Å². The van der Waals surface area contributed by atoms with Crippen LogP contribution in [0.3, 0.4) is 0 Å². The van der Waals surface area contributed by atoms with Gasteiger partial charge in [-0.2, -0.15) is 0 Å². The van der Waals surface area contributed by atoms with Gasteiger partial charge in [-0.05, 0) is 18.4 Å². The van der Waals surface area contributed by atoms with Crippen molar-refractivity contribution in [3.8, 4) is 0 Å². The summed E-state index contributed by atoms with van der Waals surface area (Å²) in [5.41, 5.74) is 2.32. The molecule has 9 heteroatoms. The Balaban J connectivity index is 1.46. The van der Waals surface area contributed by atoms with E-state index >= 15 is 0 Å². The first kappa shape index (κ1) is 18.8. The molecule has 4 rings (SSSR count). The third-order valence-corrected chi connectivity index (χ3v) is 4.93. The second-order valence-electron chi connectivity index (χ2n) is 6.79. The first-order valence-corrected chi connectivity index (χ1v) is 9.27. The summed E-state index contributed by atoms with van der Waals surface area (Å²) >= 11 is 0. The fourth-order valence-electron chi connectivity index (χ4n) is 3.42. The van der Waals surface area contributed by atoms with Gasteiger partial charge in [0.1, 0.15) is 24.6 Å². The van der Waals surface area contributed by atoms with Crippen molar-refractivity contribution in [3.05, 3.63) is 48.5 Å². The Morgan fingerprint density at radius 1 is 1.07 bits per heavy atom. The summed E-state index contributed by atoms with van der Waals surface area (Å²) in [7, 11) is 0. The Morgan fingerprint density at radius 3 is 2.64 bits per heavy atom. The van der Waals surface area contributed by atoms with Crippen molar-refractivity contribution in [2.75, 3.05) is 18.5 Å². The van der Waals surface area contributed by atoms with Crippen LogP contribution in [0.2, 0.25) is 0 Å². The number of hydrogen-bond acceptors (Lipinski definition) is 8. The number of anilines is 1. The van der Waals surface area contributed by atoms with Crippen LogP contribution >= 0.6 is 0 Å². The van der Waals surface area contributed by atoms with Crippen LogP contribution in [-0.2, 0) is 11.2 Å². The van der Waals surface area contributed by atoms with E-state index in [-0.39, 0.29) is 6.61 Å². The molecular weight excluding hydrogens is 362 g/mol. The molecule has 1 aromatic carbocycles. The van der Waals surface area contributed by atoms with Gasteiger partial charge in [-0.1, -0.05) is 30.3 Å². The topological polar surface area (TPSA) is 126 Å². The first-order valence-electron chi connectivity index (χ1n) is 9.27. The number of rotatable bonds is 7. The monoisotopic (exact) mass is 385 g/mol. The van der Waals surface area contributed by atoms with E-state index in [0.29, 0.717) is 17.0 Å². The molecule has 28 heavy (non-hydrogen) atoms. The number of aromatic nitrogens is 4. The second kappa shape index (κ2) is 8.19. The molecule has 0 spiro atoms. The Hall–Kier alpha value is -2.59. The minimum Gasteiger partial charge on any atom is -0.394 e. The molecule has 3 aromatic rings. The number of imidazole rings is 1. The van der Waals surface area contributed by atoms with E-state index in [1.165, 1.54) is 18.2 Å². The number of hydrogen-bond donors (Lipinski definition) is 4. The number of aliphatic hydroxyl groups is 3. The van der Waals surface area contributed by atoms with Gasteiger partial charge in [-0.15, -0.1) is 0 Å². The fourth-order valence-corrected chi connectivity index (χ4v) is 3.42. The summed E-state index contributed by atoms with van der Waals surface area (Å²) in [6.45, 7) is 0.340. The summed E-state index contributed by atoms with van der Waals surface area (Å²) in [4.78, 5) is 12.9. The molecule has 0 saturated carbocycles. The summed E-state index contributed by atoms with van der Waals surface area (Å²) in [6, 6.07) is 10.3. The minimum absolute atomic E-state index is 0.384. The molecule has 1 fully saturated rings. The molecule has 1 aliphatic heterocycles. The number of ether oxygens (including phenoxy) is 1. The summed E-state index contributed by atoms with van der Waals surface area (Å²) in [5.74, 6) is 0.601. The second-order valence-corrected chi connectivity index (χ2v) is 6.79. The van der Waals surface area contributed by atoms with Gasteiger partial charge in [0.15, 0.2) is 23.2 Å². The van der Waals surface area contributed by atoms with Crippen molar-refractivity contribution in [2.45, 2.75) is 37.4 Å². The predicted octanol–water partition coefficient (Wildman–Crippen LogP) is 0.482. The molecule has 0 amide bonds. The van der Waals surface area contributed by atoms with Crippen LogP contribution in [0.25, 0.3) is 11.2 Å². The van der Waals surface area contributed by atoms with E-state index in [1.807, 2.05) is 18.2 Å². The van der Waals surface area contributed by atoms with Gasteiger partial charge in [0, 0.05) is 6.54 Å². The minimum atomic E-state index is -1.19. The lowest BCUT2D eigenvalue weighted by molar-refractivity contribution is -0.0511. The molecular formula is C19H23N5O4. The van der Waals surface area contributed by atoms with E-state index in [1.54, 1.807) is 4.57 Å². The molecule has 1 saturated heterocycles. The first-order chi connectivity index (χ1) is 13.7. The van der Waals surface area contributed by atoms with E-state index < -0.39 is 24.5 Å². The van der Waals surface area contributed by atoms with Gasteiger partial charge in [-0.25, -0.2) is 15.0 Å². The van der Waals surface area contributed by atoms with E-state index in [9.17, 15) is 15.3 Å². The van der Waals surface area contributed by atoms with Crippen LogP contribution < -0.4 is 5.32 Å². The Bertz CT molecular complexity index is 919. The highest BCUT2D eigenvalue weighted by Crippen LogP contribution is 2.32. The van der Waals surface area contributed by atoms with Gasteiger partial charge in [-0.3, -0.25) is 4.57 Å². The molecule has 3 heterocycles. The third-order valence-electron chi connectivity index (χ3n) is 4.93. The molecule has 0 unspecified atom stereocenters. The molecule has 4 atom stereocenters. The van der Waals surface area contributed by atoms with Crippen molar-refractivity contribution in [3.63, 3.8) is 0 Å². The van der Waals surface area contributed by atoms with Crippen LogP contribution in [0.4, 0.5) is 5.82 Å². The number of benzene rings is 1. The fraction of sp³-hybridized carbons (Fsp3) is 0.421. The Labute approximate surface area is 161 Å². The van der Waals surface area contributed by atoms with E-state index in [4.69, 9.17) is 4.74 Å². The SMILES string of the molecule is OC[C@H]1O[C@@H](n2cnc3c(NCCCc4ccccc4)ncnc32)[C@H](O)[C@@H]1O. The average molecular weight is 385 g/mol. The van der Waals surface area contributed by atoms with Crippen molar-refractivity contribution in [2.24, 2.45) is 0 Å².